The van der Waals surface area contributed by atoms with Gasteiger partial charge in [-0.1, -0.05) is 18.8 Å². The highest BCUT2D eigenvalue weighted by molar-refractivity contribution is 7.14. The molecule has 0 spiro atoms. The van der Waals surface area contributed by atoms with Crippen LogP contribution in [0.15, 0.2) is 12.1 Å². The number of aliphatic hydroxyl groups is 1. The minimum Gasteiger partial charge on any atom is -0.395 e. The molecule has 0 unspecified atom stereocenters. The first-order valence-electron chi connectivity index (χ1n) is 6.80. The molecule has 2 N–H and O–H groups in total. The van der Waals surface area contributed by atoms with Crippen LogP contribution in [-0.4, -0.2) is 48.6 Å². The molecule has 114 valence electrons. The fourth-order valence-electron chi connectivity index (χ4n) is 1.52. The Balaban J connectivity index is 2.58. The lowest BCUT2D eigenvalue weighted by Crippen LogP contribution is -2.38. The molecule has 0 aliphatic heterocycles. The quantitative estimate of drug-likeness (QED) is 0.773. The van der Waals surface area contributed by atoms with Gasteiger partial charge in [-0.3, -0.25) is 9.59 Å². The standard InChI is InChI=1S/C15H20N2O3S/c1-3-9-16-14(19)11-17(2)15(20)13-8-7-12(21-13)6-4-5-10-18/h7-8,18H,3,5,9-11H2,1-2H3,(H,16,19). The van der Waals surface area contributed by atoms with Gasteiger partial charge in [0.1, 0.15) is 0 Å². The molecule has 0 aliphatic rings. The number of carbonyl (C=O) groups is 2. The summed E-state index contributed by atoms with van der Waals surface area (Å²) in [6, 6.07) is 3.48. The van der Waals surface area contributed by atoms with Crippen LogP contribution in [0, 0.1) is 11.8 Å². The van der Waals surface area contributed by atoms with Gasteiger partial charge in [-0.25, -0.2) is 0 Å². The summed E-state index contributed by atoms with van der Waals surface area (Å²) in [5, 5.41) is 11.4. The molecule has 0 atom stereocenters. The minimum absolute atomic E-state index is 0.0276. The highest BCUT2D eigenvalue weighted by Gasteiger charge is 2.16. The Morgan fingerprint density at radius 2 is 2.19 bits per heavy atom. The summed E-state index contributed by atoms with van der Waals surface area (Å²) in [5.41, 5.74) is 0. The number of nitrogens with zero attached hydrogens (tertiary/aromatic N) is 1. The number of likely N-dealkylation sites (N-methyl/N-ethyl adjacent to an activating group) is 1. The molecule has 2 amide bonds. The molecule has 0 aromatic carbocycles. The molecule has 1 heterocycles. The number of thiophene rings is 1. The Morgan fingerprint density at radius 3 is 2.86 bits per heavy atom. The van der Waals surface area contributed by atoms with E-state index in [4.69, 9.17) is 5.11 Å². The molecular weight excluding hydrogens is 288 g/mol. The molecule has 1 aromatic rings. The molecule has 1 aromatic heterocycles. The van der Waals surface area contributed by atoms with Crippen molar-refractivity contribution in [3.05, 3.63) is 21.9 Å². The fourth-order valence-corrected chi connectivity index (χ4v) is 2.40. The lowest BCUT2D eigenvalue weighted by atomic mass is 10.3. The third kappa shape index (κ3) is 5.98. The van der Waals surface area contributed by atoms with E-state index in [2.05, 4.69) is 17.2 Å². The van der Waals surface area contributed by atoms with Crippen molar-refractivity contribution in [3.8, 4) is 11.8 Å². The van der Waals surface area contributed by atoms with Crippen LogP contribution >= 0.6 is 11.3 Å². The average Bonchev–Trinajstić information content (AvgIpc) is 2.93. The number of rotatable bonds is 6. The molecule has 0 fully saturated rings. The van der Waals surface area contributed by atoms with Gasteiger partial charge in [0.2, 0.25) is 5.91 Å². The van der Waals surface area contributed by atoms with Gasteiger partial charge < -0.3 is 15.3 Å². The molecule has 21 heavy (non-hydrogen) atoms. The summed E-state index contributed by atoms with van der Waals surface area (Å²) >= 11 is 1.29. The zero-order valence-electron chi connectivity index (χ0n) is 12.3. The van der Waals surface area contributed by atoms with Gasteiger partial charge in [0.15, 0.2) is 0 Å². The third-order valence-corrected chi connectivity index (χ3v) is 3.55. The second-order valence-corrected chi connectivity index (χ2v) is 5.53. The van der Waals surface area contributed by atoms with Crippen LogP contribution in [0.4, 0.5) is 0 Å². The van der Waals surface area contributed by atoms with Gasteiger partial charge in [0, 0.05) is 20.0 Å². The van der Waals surface area contributed by atoms with E-state index in [0.717, 1.165) is 11.3 Å². The Bertz CT molecular complexity index is 543. The van der Waals surface area contributed by atoms with E-state index >= 15 is 0 Å². The summed E-state index contributed by atoms with van der Waals surface area (Å²) in [6.45, 7) is 2.66. The maximum absolute atomic E-state index is 12.2. The van der Waals surface area contributed by atoms with E-state index in [1.807, 2.05) is 6.92 Å². The molecule has 1 rings (SSSR count). The molecule has 0 saturated carbocycles. The predicted molar refractivity (Wildman–Crippen MR) is 83.2 cm³/mol. The second kappa shape index (κ2) is 9.16. The number of nitrogens with one attached hydrogen (secondary N) is 1. The van der Waals surface area contributed by atoms with Gasteiger partial charge >= 0.3 is 0 Å². The maximum atomic E-state index is 12.2. The summed E-state index contributed by atoms with van der Waals surface area (Å²) in [5.74, 6) is 5.34. The summed E-state index contributed by atoms with van der Waals surface area (Å²) in [7, 11) is 1.60. The molecule has 6 heteroatoms. The van der Waals surface area contributed by atoms with E-state index in [1.54, 1.807) is 19.2 Å². The van der Waals surface area contributed by atoms with Crippen LogP contribution in [0.3, 0.4) is 0 Å². The number of hydrogen-bond donors (Lipinski definition) is 2. The minimum atomic E-state index is -0.193. The topological polar surface area (TPSA) is 69.6 Å². The van der Waals surface area contributed by atoms with Gasteiger partial charge in [0.25, 0.3) is 5.91 Å². The summed E-state index contributed by atoms with van der Waals surface area (Å²) < 4.78 is 0. The van der Waals surface area contributed by atoms with Crippen molar-refractivity contribution in [2.75, 3.05) is 26.7 Å². The number of amides is 2. The van der Waals surface area contributed by atoms with Crippen LogP contribution in [0.2, 0.25) is 0 Å². The van der Waals surface area contributed by atoms with Gasteiger partial charge in [-0.2, -0.15) is 0 Å². The summed E-state index contributed by atoms with van der Waals surface area (Å²) in [4.78, 5) is 26.5. The van der Waals surface area contributed by atoms with Crippen molar-refractivity contribution in [3.63, 3.8) is 0 Å². The van der Waals surface area contributed by atoms with Crippen LogP contribution in [-0.2, 0) is 4.79 Å². The van der Waals surface area contributed by atoms with E-state index < -0.39 is 0 Å². The van der Waals surface area contributed by atoms with Gasteiger partial charge in [-0.05, 0) is 18.6 Å². The lowest BCUT2D eigenvalue weighted by Gasteiger charge is -2.15. The maximum Gasteiger partial charge on any atom is 0.264 e. The zero-order valence-corrected chi connectivity index (χ0v) is 13.1. The van der Waals surface area contributed by atoms with Crippen LogP contribution in [0.1, 0.15) is 34.3 Å². The molecule has 0 saturated heterocycles. The van der Waals surface area contributed by atoms with Crippen LogP contribution in [0.25, 0.3) is 0 Å². The van der Waals surface area contributed by atoms with Gasteiger partial charge in [0.05, 0.1) is 22.9 Å². The normalized spacial score (nSPS) is 9.67. The molecule has 5 nitrogen and oxygen atoms in total. The zero-order chi connectivity index (χ0) is 15.7. The Morgan fingerprint density at radius 1 is 1.43 bits per heavy atom. The molecule has 0 bridgehead atoms. The second-order valence-electron chi connectivity index (χ2n) is 4.45. The van der Waals surface area contributed by atoms with E-state index in [0.29, 0.717) is 17.8 Å². The first-order valence-corrected chi connectivity index (χ1v) is 7.61. The van der Waals surface area contributed by atoms with Crippen molar-refractivity contribution >= 4 is 23.2 Å². The number of carbonyl (C=O) groups excluding carboxylic acids is 2. The number of hydrogen-bond acceptors (Lipinski definition) is 4. The Labute approximate surface area is 129 Å². The van der Waals surface area contributed by atoms with Crippen molar-refractivity contribution in [2.24, 2.45) is 0 Å². The van der Waals surface area contributed by atoms with Gasteiger partial charge in [-0.15, -0.1) is 11.3 Å². The third-order valence-electron chi connectivity index (χ3n) is 2.56. The monoisotopic (exact) mass is 308 g/mol. The smallest absolute Gasteiger partial charge is 0.264 e. The van der Waals surface area contributed by atoms with Crippen molar-refractivity contribution < 1.29 is 14.7 Å². The molecular formula is C15H20N2O3S. The van der Waals surface area contributed by atoms with Crippen molar-refractivity contribution in [2.45, 2.75) is 19.8 Å². The van der Waals surface area contributed by atoms with Crippen LogP contribution in [0.5, 0.6) is 0 Å². The van der Waals surface area contributed by atoms with Crippen molar-refractivity contribution in [1.29, 1.82) is 0 Å². The Kier molecular flexibility index (Phi) is 7.51. The van der Waals surface area contributed by atoms with E-state index in [1.165, 1.54) is 16.2 Å². The predicted octanol–water partition coefficient (Wildman–Crippen LogP) is 1.08. The summed E-state index contributed by atoms with van der Waals surface area (Å²) in [6.07, 6.45) is 1.28. The lowest BCUT2D eigenvalue weighted by molar-refractivity contribution is -0.121. The largest absolute Gasteiger partial charge is 0.395 e. The highest BCUT2D eigenvalue weighted by atomic mass is 32.1. The van der Waals surface area contributed by atoms with E-state index in [-0.39, 0.29) is 25.0 Å². The highest BCUT2D eigenvalue weighted by Crippen LogP contribution is 2.17. The SMILES string of the molecule is CCCNC(=O)CN(C)C(=O)c1ccc(C#CCCO)s1. The fraction of sp³-hybridized carbons (Fsp3) is 0.467. The first kappa shape index (κ1) is 17.2. The Hall–Kier alpha value is -1.84. The molecule has 0 aliphatic carbocycles. The molecule has 0 radical (unpaired) electrons. The first-order chi connectivity index (χ1) is 10.1. The van der Waals surface area contributed by atoms with Crippen molar-refractivity contribution in [1.82, 2.24) is 10.2 Å². The number of aliphatic hydroxyl groups excluding tert-OH is 1. The average molecular weight is 308 g/mol. The van der Waals surface area contributed by atoms with Crippen LogP contribution < -0.4 is 5.32 Å². The van der Waals surface area contributed by atoms with E-state index in [9.17, 15) is 9.59 Å².